The standard InChI is InChI=1S/C24H25N3O3.C22H20N2O3/c1-15(2)29-22-9-6-16(12-17(22)13-25)24-27-14-23(30-24)20-5-3-4-19-18(20)7-8-21(19)26-10-11-28;1-13(2)26-20-9-6-14(10-15(20)11-23)22-24-12-21(27-22)18-5-3-4-17-16(18)7-8-19(17)25/h3-6,9,12,14-15,21,26,28H,7-8,10-11H2,1-2H3;3-6,9-10,12-13,19,25H,7-8H2,1-2H3. The molecule has 8 rings (SSSR count). The highest BCUT2D eigenvalue weighted by Gasteiger charge is 2.27. The van der Waals surface area contributed by atoms with Crippen LogP contribution in [0.1, 0.15) is 86.1 Å². The molecular weight excluding hydrogens is 719 g/mol. The van der Waals surface area contributed by atoms with Gasteiger partial charge < -0.3 is 33.8 Å². The number of nitrogens with one attached hydrogen (secondary N) is 1. The number of aliphatic hydroxyl groups excluding tert-OH is 2. The van der Waals surface area contributed by atoms with Gasteiger partial charge in [0.05, 0.1) is 48.4 Å². The number of hydrogen-bond donors (Lipinski definition) is 3. The highest BCUT2D eigenvalue weighted by atomic mass is 16.5. The molecule has 11 heteroatoms. The average molecular weight is 764 g/mol. The quantitative estimate of drug-likeness (QED) is 0.115. The molecule has 0 bridgehead atoms. The second-order valence-electron chi connectivity index (χ2n) is 14.6. The van der Waals surface area contributed by atoms with Crippen LogP contribution in [-0.2, 0) is 12.8 Å². The van der Waals surface area contributed by atoms with E-state index < -0.39 is 6.10 Å². The molecule has 0 amide bonds. The molecule has 0 fully saturated rings. The van der Waals surface area contributed by atoms with Crippen molar-refractivity contribution in [2.45, 2.75) is 77.7 Å². The van der Waals surface area contributed by atoms with Crippen LogP contribution in [0.25, 0.3) is 45.6 Å². The van der Waals surface area contributed by atoms with E-state index in [4.69, 9.17) is 23.4 Å². The molecule has 0 saturated heterocycles. The molecule has 3 N–H and O–H groups in total. The first-order valence-corrected chi connectivity index (χ1v) is 19.3. The van der Waals surface area contributed by atoms with Gasteiger partial charge in [-0.15, -0.1) is 0 Å². The van der Waals surface area contributed by atoms with Gasteiger partial charge in [-0.3, -0.25) is 0 Å². The number of aromatic nitrogens is 2. The Morgan fingerprint density at radius 3 is 1.75 bits per heavy atom. The van der Waals surface area contributed by atoms with Crippen molar-refractivity contribution in [1.29, 1.82) is 10.5 Å². The number of fused-ring (bicyclic) bond motifs is 2. The summed E-state index contributed by atoms with van der Waals surface area (Å²) < 4.78 is 23.4. The third-order valence-electron chi connectivity index (χ3n) is 9.97. The molecule has 2 aliphatic rings. The summed E-state index contributed by atoms with van der Waals surface area (Å²) in [6.07, 6.45) is 6.51. The molecule has 57 heavy (non-hydrogen) atoms. The lowest BCUT2D eigenvalue weighted by atomic mass is 10.0. The Morgan fingerprint density at radius 1 is 0.737 bits per heavy atom. The molecule has 2 heterocycles. The first-order chi connectivity index (χ1) is 27.7. The van der Waals surface area contributed by atoms with E-state index in [1.165, 1.54) is 11.1 Å². The van der Waals surface area contributed by atoms with Gasteiger partial charge in [0.25, 0.3) is 0 Å². The smallest absolute Gasteiger partial charge is 0.226 e. The number of aliphatic hydroxyl groups is 2. The summed E-state index contributed by atoms with van der Waals surface area (Å²) in [5.74, 6) is 3.42. The van der Waals surface area contributed by atoms with Crippen molar-refractivity contribution < 1.29 is 28.5 Å². The fourth-order valence-corrected chi connectivity index (χ4v) is 7.48. The third kappa shape index (κ3) is 8.47. The van der Waals surface area contributed by atoms with E-state index in [1.54, 1.807) is 36.7 Å². The SMILES string of the molecule is CC(C)Oc1ccc(-c2ncc(-c3cccc4c3CCC4NCCO)o2)cc1C#N.CC(C)Oc1ccc(-c2ncc(-c3cccc4c3CCC4O)o2)cc1C#N. The molecule has 0 radical (unpaired) electrons. The topological polar surface area (TPSA) is 171 Å². The van der Waals surface area contributed by atoms with E-state index in [0.717, 1.165) is 59.1 Å². The fourth-order valence-electron chi connectivity index (χ4n) is 7.48. The number of oxazole rings is 2. The Morgan fingerprint density at radius 2 is 1.25 bits per heavy atom. The summed E-state index contributed by atoms with van der Waals surface area (Å²) >= 11 is 0. The predicted octanol–water partition coefficient (Wildman–Crippen LogP) is 8.88. The van der Waals surface area contributed by atoms with Crippen molar-refractivity contribution in [3.8, 4) is 69.2 Å². The van der Waals surface area contributed by atoms with Crippen LogP contribution in [0, 0.1) is 22.7 Å². The van der Waals surface area contributed by atoms with Crippen LogP contribution in [-0.4, -0.2) is 45.5 Å². The van der Waals surface area contributed by atoms with Gasteiger partial charge in [0.15, 0.2) is 11.5 Å². The van der Waals surface area contributed by atoms with Gasteiger partial charge in [-0.2, -0.15) is 10.5 Å². The summed E-state index contributed by atoms with van der Waals surface area (Å²) in [5, 5.41) is 41.5. The molecule has 0 saturated carbocycles. The Bertz CT molecular complexity index is 2450. The number of nitrogens with zero attached hydrogens (tertiary/aromatic N) is 4. The van der Waals surface area contributed by atoms with Crippen LogP contribution in [0.3, 0.4) is 0 Å². The van der Waals surface area contributed by atoms with Crippen molar-refractivity contribution >= 4 is 0 Å². The molecule has 2 unspecified atom stereocenters. The van der Waals surface area contributed by atoms with E-state index in [-0.39, 0.29) is 24.9 Å². The van der Waals surface area contributed by atoms with Gasteiger partial charge in [-0.05, 0) is 112 Å². The number of benzene rings is 4. The Labute approximate surface area is 332 Å². The van der Waals surface area contributed by atoms with Crippen LogP contribution in [0.5, 0.6) is 11.5 Å². The average Bonchev–Trinajstić information content (AvgIpc) is 4.05. The van der Waals surface area contributed by atoms with Crippen LogP contribution in [0.4, 0.5) is 0 Å². The second-order valence-corrected chi connectivity index (χ2v) is 14.6. The molecule has 290 valence electrons. The fraction of sp³-hybridized carbons (Fsp3) is 0.304. The molecule has 2 aliphatic carbocycles. The van der Waals surface area contributed by atoms with E-state index in [1.807, 2.05) is 64.1 Å². The van der Waals surface area contributed by atoms with Crippen molar-refractivity contribution in [2.24, 2.45) is 0 Å². The van der Waals surface area contributed by atoms with Gasteiger partial charge in [-0.1, -0.05) is 36.4 Å². The summed E-state index contributed by atoms with van der Waals surface area (Å²) in [7, 11) is 0. The zero-order valence-electron chi connectivity index (χ0n) is 32.5. The van der Waals surface area contributed by atoms with Crippen LogP contribution in [0.15, 0.2) is 94.0 Å². The van der Waals surface area contributed by atoms with E-state index in [0.29, 0.717) is 52.5 Å². The first-order valence-electron chi connectivity index (χ1n) is 19.3. The van der Waals surface area contributed by atoms with E-state index in [2.05, 4.69) is 39.6 Å². The summed E-state index contributed by atoms with van der Waals surface area (Å²) in [6.45, 7) is 8.41. The highest BCUT2D eigenvalue weighted by Crippen LogP contribution is 2.40. The zero-order chi connectivity index (χ0) is 40.1. The van der Waals surface area contributed by atoms with E-state index >= 15 is 0 Å². The van der Waals surface area contributed by atoms with Gasteiger partial charge in [0, 0.05) is 34.8 Å². The number of rotatable bonds is 11. The Kier molecular flexibility index (Phi) is 11.8. The molecule has 11 nitrogen and oxygen atoms in total. The normalized spacial score (nSPS) is 15.4. The maximum Gasteiger partial charge on any atom is 0.226 e. The second kappa shape index (κ2) is 17.3. The Hall–Kier alpha value is -6.24. The minimum atomic E-state index is -0.408. The van der Waals surface area contributed by atoms with Crippen LogP contribution < -0.4 is 14.8 Å². The highest BCUT2D eigenvalue weighted by molar-refractivity contribution is 5.69. The first kappa shape index (κ1) is 39.0. The summed E-state index contributed by atoms with van der Waals surface area (Å²) in [5.41, 5.74) is 8.96. The minimum absolute atomic E-state index is 0.00726. The molecule has 2 aromatic heterocycles. The van der Waals surface area contributed by atoms with Crippen molar-refractivity contribution in [1.82, 2.24) is 15.3 Å². The molecular formula is C46H45N5O6. The molecule has 2 atom stereocenters. The molecule has 0 spiro atoms. The number of hydrogen-bond acceptors (Lipinski definition) is 11. The molecule has 6 aromatic rings. The van der Waals surface area contributed by atoms with Crippen LogP contribution >= 0.6 is 0 Å². The summed E-state index contributed by atoms with van der Waals surface area (Å²) in [4.78, 5) is 8.85. The van der Waals surface area contributed by atoms with Crippen molar-refractivity contribution in [2.75, 3.05) is 13.2 Å². The lowest BCUT2D eigenvalue weighted by Crippen LogP contribution is -2.22. The molecule has 0 aliphatic heterocycles. The maximum absolute atomic E-state index is 10.1. The largest absolute Gasteiger partial charge is 0.490 e. The number of ether oxygens (including phenoxy) is 2. The lowest BCUT2D eigenvalue weighted by Gasteiger charge is -2.13. The predicted molar refractivity (Wildman–Crippen MR) is 215 cm³/mol. The van der Waals surface area contributed by atoms with Gasteiger partial charge in [-0.25, -0.2) is 9.97 Å². The number of nitriles is 2. The Balaban J connectivity index is 0.000000175. The lowest BCUT2D eigenvalue weighted by molar-refractivity contribution is 0.180. The maximum atomic E-state index is 10.1. The summed E-state index contributed by atoms with van der Waals surface area (Å²) in [6, 6.07) is 27.4. The third-order valence-corrected chi connectivity index (χ3v) is 9.97. The van der Waals surface area contributed by atoms with Crippen molar-refractivity contribution in [3.63, 3.8) is 0 Å². The van der Waals surface area contributed by atoms with Crippen molar-refractivity contribution in [3.05, 3.63) is 119 Å². The van der Waals surface area contributed by atoms with E-state index in [9.17, 15) is 15.6 Å². The van der Waals surface area contributed by atoms with Crippen LogP contribution in [0.2, 0.25) is 0 Å². The molecule has 4 aromatic carbocycles. The van der Waals surface area contributed by atoms with Gasteiger partial charge in [0.1, 0.15) is 23.6 Å². The van der Waals surface area contributed by atoms with Gasteiger partial charge in [0.2, 0.25) is 11.8 Å². The minimum Gasteiger partial charge on any atom is -0.490 e. The zero-order valence-corrected chi connectivity index (χ0v) is 32.5. The monoisotopic (exact) mass is 763 g/mol. The van der Waals surface area contributed by atoms with Gasteiger partial charge >= 0.3 is 0 Å².